The maximum absolute atomic E-state index is 13.6. The normalized spacial score (nSPS) is 10.4. The summed E-state index contributed by atoms with van der Waals surface area (Å²) >= 11 is 9.45. The number of amides is 1. The van der Waals surface area contributed by atoms with E-state index in [2.05, 4.69) is 53.1 Å². The molecule has 0 aliphatic rings. The molecule has 2 rings (SSSR count). The van der Waals surface area contributed by atoms with E-state index in [0.717, 1.165) is 16.6 Å². The topological polar surface area (TPSA) is 29.1 Å². The number of carbonyl (C=O) groups is 1. The molecule has 2 aromatic rings. The van der Waals surface area contributed by atoms with Gasteiger partial charge in [0.05, 0.1) is 5.56 Å². The first-order valence-electron chi connectivity index (χ1n) is 5.29. The van der Waals surface area contributed by atoms with Crippen LogP contribution < -0.4 is 5.32 Å². The summed E-state index contributed by atoms with van der Waals surface area (Å²) in [6, 6.07) is 7.03. The first-order chi connectivity index (χ1) is 9.38. The predicted octanol–water partition coefficient (Wildman–Crippen LogP) is 5.50. The summed E-state index contributed by atoms with van der Waals surface area (Å²) in [7, 11) is 0. The number of halogens is 5. The molecule has 2 nitrogen and oxygen atoms in total. The largest absolute Gasteiger partial charge is 0.317 e. The van der Waals surface area contributed by atoms with E-state index in [1.54, 1.807) is 12.1 Å². The Hall–Kier alpha value is -0.790. The molecule has 7 heteroatoms. The average Bonchev–Trinajstić information content (AvgIpc) is 2.33. The molecular weight excluding hydrogens is 464 g/mol. The van der Waals surface area contributed by atoms with E-state index in [0.29, 0.717) is 4.47 Å². The smallest absolute Gasteiger partial charge is 0.256 e. The molecule has 0 saturated carbocycles. The van der Waals surface area contributed by atoms with Gasteiger partial charge in [-0.3, -0.25) is 4.79 Å². The first kappa shape index (κ1) is 15.6. The zero-order valence-corrected chi connectivity index (χ0v) is 14.4. The van der Waals surface area contributed by atoms with Crippen molar-refractivity contribution in [3.63, 3.8) is 0 Å². The van der Waals surface area contributed by atoms with Crippen LogP contribution >= 0.6 is 47.8 Å². The Bertz CT molecular complexity index is 668. The molecule has 0 bridgehead atoms. The van der Waals surface area contributed by atoms with Crippen LogP contribution in [0.4, 0.5) is 14.5 Å². The van der Waals surface area contributed by atoms with Gasteiger partial charge in [0.2, 0.25) is 0 Å². The van der Waals surface area contributed by atoms with Gasteiger partial charge in [0.25, 0.3) is 5.91 Å². The van der Waals surface area contributed by atoms with Crippen molar-refractivity contribution in [2.45, 2.75) is 0 Å². The Morgan fingerprint density at radius 2 is 1.55 bits per heavy atom. The summed E-state index contributed by atoms with van der Waals surface area (Å²) in [6.45, 7) is 0. The van der Waals surface area contributed by atoms with Crippen molar-refractivity contribution in [1.29, 1.82) is 0 Å². The van der Waals surface area contributed by atoms with Gasteiger partial charge >= 0.3 is 0 Å². The van der Waals surface area contributed by atoms with Gasteiger partial charge in [-0.05, 0) is 46.3 Å². The molecule has 2 aromatic carbocycles. The van der Waals surface area contributed by atoms with Crippen molar-refractivity contribution < 1.29 is 13.6 Å². The summed E-state index contributed by atoms with van der Waals surface area (Å²) < 4.78 is 28.9. The predicted molar refractivity (Wildman–Crippen MR) is 83.9 cm³/mol. The molecule has 20 heavy (non-hydrogen) atoms. The van der Waals surface area contributed by atoms with Crippen molar-refractivity contribution in [2.24, 2.45) is 0 Å². The number of hydrogen-bond acceptors (Lipinski definition) is 1. The molecule has 1 N–H and O–H groups in total. The van der Waals surface area contributed by atoms with Gasteiger partial charge in [0, 0.05) is 13.4 Å². The summed E-state index contributed by atoms with van der Waals surface area (Å²) in [5.41, 5.74) is -0.206. The fraction of sp³-hybridized carbons (Fsp3) is 0. The third kappa shape index (κ3) is 3.45. The van der Waals surface area contributed by atoms with Crippen molar-refractivity contribution >= 4 is 59.4 Å². The number of benzene rings is 2. The summed E-state index contributed by atoms with van der Waals surface area (Å²) in [4.78, 5) is 12.0. The maximum atomic E-state index is 13.6. The second kappa shape index (κ2) is 6.32. The number of rotatable bonds is 2. The molecule has 0 aromatic heterocycles. The summed E-state index contributed by atoms with van der Waals surface area (Å²) in [5, 5.41) is 2.23. The van der Waals surface area contributed by atoms with E-state index in [-0.39, 0.29) is 10.0 Å². The molecule has 0 heterocycles. The number of hydrogen-bond donors (Lipinski definition) is 1. The first-order valence-corrected chi connectivity index (χ1v) is 7.67. The standard InChI is InChI=1S/C13H6Br3F2NO/c14-6-1-2-8(9(16)3-6)13(20)19-12-10(17)4-7(15)5-11(12)18/h1-5H,(H,19,20). The Kier molecular flexibility index (Phi) is 4.93. The molecular formula is C13H6Br3F2NO. The fourth-order valence-electron chi connectivity index (χ4n) is 1.52. The van der Waals surface area contributed by atoms with Crippen molar-refractivity contribution in [1.82, 2.24) is 0 Å². The Morgan fingerprint density at radius 3 is 2.10 bits per heavy atom. The quantitative estimate of drug-likeness (QED) is 0.618. The lowest BCUT2D eigenvalue weighted by molar-refractivity contribution is 0.102. The second-order valence-corrected chi connectivity index (χ2v) is 6.51. The van der Waals surface area contributed by atoms with Crippen molar-refractivity contribution in [3.05, 3.63) is 60.9 Å². The minimum atomic E-state index is -0.849. The average molecular weight is 470 g/mol. The van der Waals surface area contributed by atoms with Crippen LogP contribution in [0, 0.1) is 11.6 Å². The molecule has 1 amide bonds. The highest BCUT2D eigenvalue weighted by atomic mass is 79.9. The van der Waals surface area contributed by atoms with Crippen LogP contribution in [0.15, 0.2) is 43.7 Å². The lowest BCUT2D eigenvalue weighted by Crippen LogP contribution is -2.15. The Labute approximate surface area is 138 Å². The molecule has 0 spiro atoms. The molecule has 0 saturated heterocycles. The van der Waals surface area contributed by atoms with Crippen LogP contribution in [-0.2, 0) is 0 Å². The third-order valence-electron chi connectivity index (χ3n) is 2.42. The van der Waals surface area contributed by atoms with Gasteiger partial charge in [-0.15, -0.1) is 0 Å². The molecule has 0 unspecified atom stereocenters. The summed E-state index contributed by atoms with van der Waals surface area (Å²) in [6.07, 6.45) is 0. The molecule has 104 valence electrons. The molecule has 0 radical (unpaired) electrons. The van der Waals surface area contributed by atoms with E-state index in [1.807, 2.05) is 0 Å². The van der Waals surface area contributed by atoms with Gasteiger partial charge in [-0.25, -0.2) is 8.78 Å². The fourth-order valence-corrected chi connectivity index (χ4v) is 3.15. The molecule has 0 atom stereocenters. The van der Waals surface area contributed by atoms with Crippen molar-refractivity contribution in [3.8, 4) is 0 Å². The monoisotopic (exact) mass is 467 g/mol. The molecule has 0 fully saturated rings. The minimum Gasteiger partial charge on any atom is -0.317 e. The zero-order chi connectivity index (χ0) is 14.9. The van der Waals surface area contributed by atoms with Gasteiger partial charge in [-0.2, -0.15) is 0 Å². The molecule has 0 aliphatic heterocycles. The van der Waals surface area contributed by atoms with Gasteiger partial charge < -0.3 is 5.32 Å². The van der Waals surface area contributed by atoms with Crippen LogP contribution in [0.2, 0.25) is 0 Å². The number of carbonyl (C=O) groups excluding carboxylic acids is 1. The van der Waals surface area contributed by atoms with E-state index < -0.39 is 23.2 Å². The summed E-state index contributed by atoms with van der Waals surface area (Å²) in [5.74, 6) is -2.30. The highest BCUT2D eigenvalue weighted by Gasteiger charge is 2.16. The second-order valence-electron chi connectivity index (χ2n) is 3.82. The van der Waals surface area contributed by atoms with Crippen LogP contribution in [0.1, 0.15) is 10.4 Å². The lowest BCUT2D eigenvalue weighted by Gasteiger charge is -2.09. The maximum Gasteiger partial charge on any atom is 0.256 e. The third-order valence-corrected chi connectivity index (χ3v) is 4.03. The number of nitrogens with one attached hydrogen (secondary N) is 1. The van der Waals surface area contributed by atoms with Gasteiger partial charge in [-0.1, -0.05) is 31.9 Å². The van der Waals surface area contributed by atoms with Gasteiger partial charge in [0.1, 0.15) is 5.69 Å². The highest BCUT2D eigenvalue weighted by Crippen LogP contribution is 2.26. The minimum absolute atomic E-state index is 0.260. The van der Waals surface area contributed by atoms with Crippen LogP contribution in [-0.4, -0.2) is 5.91 Å². The molecule has 0 aliphatic carbocycles. The SMILES string of the molecule is O=C(Nc1c(F)cc(Br)cc1F)c1ccc(Br)cc1Br. The Balaban J connectivity index is 2.33. The van der Waals surface area contributed by atoms with E-state index >= 15 is 0 Å². The van der Waals surface area contributed by atoms with E-state index in [1.165, 1.54) is 6.07 Å². The van der Waals surface area contributed by atoms with Crippen LogP contribution in [0.25, 0.3) is 0 Å². The van der Waals surface area contributed by atoms with Crippen LogP contribution in [0.5, 0.6) is 0 Å². The van der Waals surface area contributed by atoms with Gasteiger partial charge in [0.15, 0.2) is 11.6 Å². The zero-order valence-electron chi connectivity index (χ0n) is 9.68. The van der Waals surface area contributed by atoms with Crippen molar-refractivity contribution in [2.75, 3.05) is 5.32 Å². The van der Waals surface area contributed by atoms with E-state index in [4.69, 9.17) is 0 Å². The highest BCUT2D eigenvalue weighted by molar-refractivity contribution is 9.11. The lowest BCUT2D eigenvalue weighted by atomic mass is 10.2. The van der Waals surface area contributed by atoms with Crippen LogP contribution in [0.3, 0.4) is 0 Å². The Morgan fingerprint density at radius 1 is 0.950 bits per heavy atom. The van der Waals surface area contributed by atoms with E-state index in [9.17, 15) is 13.6 Å². The number of anilines is 1.